The number of hydrogen-bond acceptors (Lipinski definition) is 3. The van der Waals surface area contributed by atoms with Crippen molar-refractivity contribution in [3.63, 3.8) is 0 Å². The van der Waals surface area contributed by atoms with Crippen molar-refractivity contribution in [1.82, 2.24) is 10.0 Å². The second kappa shape index (κ2) is 6.54. The zero-order valence-electron chi connectivity index (χ0n) is 12.5. The molecule has 1 heterocycles. The van der Waals surface area contributed by atoms with Crippen LogP contribution in [0.4, 0.5) is 13.2 Å². The van der Waals surface area contributed by atoms with Crippen LogP contribution in [-0.4, -0.2) is 21.5 Å². The van der Waals surface area contributed by atoms with Gasteiger partial charge in [0.1, 0.15) is 10.7 Å². The van der Waals surface area contributed by atoms with Gasteiger partial charge in [0.25, 0.3) is 0 Å². The second-order valence-corrected chi connectivity index (χ2v) is 7.24. The summed E-state index contributed by atoms with van der Waals surface area (Å²) in [6.07, 6.45) is 0.831. The van der Waals surface area contributed by atoms with Crippen molar-refractivity contribution in [3.8, 4) is 0 Å². The maximum atomic E-state index is 13.7. The molecule has 0 spiro atoms. The molecule has 0 radical (unpaired) electrons. The van der Waals surface area contributed by atoms with Gasteiger partial charge in [-0.3, -0.25) is 0 Å². The third-order valence-corrected chi connectivity index (χ3v) is 5.40. The van der Waals surface area contributed by atoms with Crippen molar-refractivity contribution < 1.29 is 21.6 Å². The van der Waals surface area contributed by atoms with Crippen molar-refractivity contribution in [2.24, 2.45) is 0 Å². The van der Waals surface area contributed by atoms with Crippen molar-refractivity contribution in [1.29, 1.82) is 0 Å². The smallest absolute Gasteiger partial charge is 0.243 e. The van der Waals surface area contributed by atoms with Gasteiger partial charge in [0, 0.05) is 18.7 Å². The van der Waals surface area contributed by atoms with E-state index in [9.17, 15) is 21.6 Å². The number of rotatable bonds is 4. The summed E-state index contributed by atoms with van der Waals surface area (Å²) in [5.74, 6) is -4.19. The molecule has 24 heavy (non-hydrogen) atoms. The van der Waals surface area contributed by atoms with Gasteiger partial charge in [0.15, 0.2) is 11.6 Å². The first-order chi connectivity index (χ1) is 11.4. The lowest BCUT2D eigenvalue weighted by atomic mass is 9.95. The quantitative estimate of drug-likeness (QED) is 0.827. The Balaban J connectivity index is 1.81. The molecule has 1 unspecified atom stereocenters. The Morgan fingerprint density at radius 2 is 1.79 bits per heavy atom. The highest BCUT2D eigenvalue weighted by Crippen LogP contribution is 2.23. The lowest BCUT2D eigenvalue weighted by Gasteiger charge is -2.27. The maximum Gasteiger partial charge on any atom is 0.243 e. The van der Waals surface area contributed by atoms with Crippen molar-refractivity contribution in [3.05, 3.63) is 65.0 Å². The zero-order valence-corrected chi connectivity index (χ0v) is 13.3. The number of hydrogen-bond donors (Lipinski definition) is 2. The molecule has 2 aromatic carbocycles. The first-order valence-corrected chi connectivity index (χ1v) is 8.82. The van der Waals surface area contributed by atoms with E-state index in [1.54, 1.807) is 0 Å². The van der Waals surface area contributed by atoms with Crippen LogP contribution < -0.4 is 10.0 Å². The molecule has 8 heteroatoms. The van der Waals surface area contributed by atoms with Crippen LogP contribution in [0.25, 0.3) is 0 Å². The molecule has 1 aliphatic heterocycles. The Hall–Kier alpha value is -1.90. The summed E-state index contributed by atoms with van der Waals surface area (Å²) in [4.78, 5) is -0.912. The minimum Gasteiger partial charge on any atom is -0.308 e. The Labute approximate surface area is 137 Å². The number of benzene rings is 2. The van der Waals surface area contributed by atoms with E-state index in [4.69, 9.17) is 0 Å². The molecule has 0 aromatic heterocycles. The first kappa shape index (κ1) is 16.9. The van der Waals surface area contributed by atoms with Crippen LogP contribution in [0.2, 0.25) is 0 Å². The van der Waals surface area contributed by atoms with Crippen LogP contribution in [0, 0.1) is 17.5 Å². The normalized spacial score (nSPS) is 17.5. The summed E-state index contributed by atoms with van der Waals surface area (Å²) >= 11 is 0. The Kier molecular flexibility index (Phi) is 4.62. The van der Waals surface area contributed by atoms with E-state index in [1.165, 1.54) is 0 Å². The fourth-order valence-corrected chi connectivity index (χ4v) is 3.87. The lowest BCUT2D eigenvalue weighted by Crippen LogP contribution is -2.39. The van der Waals surface area contributed by atoms with Crippen LogP contribution in [0.3, 0.4) is 0 Å². The van der Waals surface area contributed by atoms with Crippen LogP contribution >= 0.6 is 0 Å². The molecule has 0 amide bonds. The van der Waals surface area contributed by atoms with Gasteiger partial charge < -0.3 is 5.32 Å². The van der Waals surface area contributed by atoms with Crippen molar-refractivity contribution in [2.75, 3.05) is 13.1 Å². The molecule has 1 atom stereocenters. The number of halogens is 3. The number of sulfonamides is 1. The average Bonchev–Trinajstić information content (AvgIpc) is 2.56. The second-order valence-electron chi connectivity index (χ2n) is 5.50. The summed E-state index contributed by atoms with van der Waals surface area (Å²) in [5, 5.41) is 3.18. The summed E-state index contributed by atoms with van der Waals surface area (Å²) in [7, 11) is -4.30. The lowest BCUT2D eigenvalue weighted by molar-refractivity contribution is 0.475. The highest BCUT2D eigenvalue weighted by Gasteiger charge is 2.25. The SMILES string of the molecule is O=S(=O)(NCC1NCCc2ccccc21)c1cc(F)c(F)cc1F. The molecule has 128 valence electrons. The molecule has 3 rings (SSSR count). The van der Waals surface area contributed by atoms with Crippen molar-refractivity contribution in [2.45, 2.75) is 17.4 Å². The fraction of sp³-hybridized carbons (Fsp3) is 0.250. The van der Waals surface area contributed by atoms with Crippen LogP contribution in [-0.2, 0) is 16.4 Å². The van der Waals surface area contributed by atoms with Gasteiger partial charge >= 0.3 is 0 Å². The van der Waals surface area contributed by atoms with Gasteiger partial charge in [-0.05, 0) is 30.2 Å². The number of fused-ring (bicyclic) bond motifs is 1. The van der Waals surface area contributed by atoms with Gasteiger partial charge in [0.2, 0.25) is 10.0 Å². The zero-order chi connectivity index (χ0) is 17.3. The minimum atomic E-state index is -4.30. The van der Waals surface area contributed by atoms with Crippen molar-refractivity contribution >= 4 is 10.0 Å². The van der Waals surface area contributed by atoms with E-state index >= 15 is 0 Å². The van der Waals surface area contributed by atoms with E-state index < -0.39 is 32.4 Å². The van der Waals surface area contributed by atoms with Crippen LogP contribution in [0.1, 0.15) is 17.2 Å². The third kappa shape index (κ3) is 3.31. The van der Waals surface area contributed by atoms with Gasteiger partial charge in [-0.15, -0.1) is 0 Å². The molecule has 2 N–H and O–H groups in total. The maximum absolute atomic E-state index is 13.7. The van der Waals surface area contributed by atoms with Gasteiger partial charge in [-0.2, -0.15) is 0 Å². The van der Waals surface area contributed by atoms with E-state index in [1.807, 2.05) is 24.3 Å². The third-order valence-electron chi connectivity index (χ3n) is 3.96. The fourth-order valence-electron chi connectivity index (χ4n) is 2.76. The van der Waals surface area contributed by atoms with Gasteiger partial charge in [0.05, 0.1) is 0 Å². The molecule has 0 saturated heterocycles. The standard InChI is InChI=1S/C16H15F3N2O2S/c17-12-7-14(19)16(8-13(12)18)24(22,23)21-9-15-11-4-2-1-3-10(11)5-6-20-15/h1-4,7-8,15,20-21H,5-6,9H2. The minimum absolute atomic E-state index is 0.0300. The van der Waals surface area contributed by atoms with Crippen LogP contribution in [0.15, 0.2) is 41.3 Å². The van der Waals surface area contributed by atoms with Crippen LogP contribution in [0.5, 0.6) is 0 Å². The molecular formula is C16H15F3N2O2S. The predicted molar refractivity (Wildman–Crippen MR) is 82.4 cm³/mol. The molecule has 4 nitrogen and oxygen atoms in total. The Bertz CT molecular complexity index is 872. The van der Waals surface area contributed by atoms with E-state index in [-0.39, 0.29) is 18.7 Å². The monoisotopic (exact) mass is 356 g/mol. The molecular weight excluding hydrogens is 341 g/mol. The molecule has 0 bridgehead atoms. The first-order valence-electron chi connectivity index (χ1n) is 7.34. The Morgan fingerprint density at radius 3 is 2.58 bits per heavy atom. The van der Waals surface area contributed by atoms with Gasteiger partial charge in [-0.1, -0.05) is 24.3 Å². The van der Waals surface area contributed by atoms with E-state index in [0.29, 0.717) is 12.6 Å². The summed E-state index contributed by atoms with van der Waals surface area (Å²) < 4.78 is 66.5. The predicted octanol–water partition coefficient (Wildman–Crippen LogP) is 2.27. The van der Waals surface area contributed by atoms with Gasteiger partial charge in [-0.25, -0.2) is 26.3 Å². The average molecular weight is 356 g/mol. The molecule has 0 fully saturated rings. The highest BCUT2D eigenvalue weighted by atomic mass is 32.2. The largest absolute Gasteiger partial charge is 0.308 e. The summed E-state index contributed by atoms with van der Waals surface area (Å²) in [6, 6.07) is 7.89. The number of nitrogens with one attached hydrogen (secondary N) is 2. The van der Waals surface area contributed by atoms with E-state index in [0.717, 1.165) is 17.5 Å². The molecule has 1 aliphatic rings. The molecule has 2 aromatic rings. The summed E-state index contributed by atoms with van der Waals surface area (Å²) in [5.41, 5.74) is 2.07. The highest BCUT2D eigenvalue weighted by molar-refractivity contribution is 7.89. The topological polar surface area (TPSA) is 58.2 Å². The molecule has 0 aliphatic carbocycles. The Morgan fingerprint density at radius 1 is 1.08 bits per heavy atom. The van der Waals surface area contributed by atoms with E-state index in [2.05, 4.69) is 10.0 Å². The summed E-state index contributed by atoms with van der Waals surface area (Å²) in [6.45, 7) is 0.653. The molecule has 0 saturated carbocycles.